The van der Waals surface area contributed by atoms with Crippen LogP contribution in [0.1, 0.15) is 34.3 Å². The lowest BCUT2D eigenvalue weighted by Crippen LogP contribution is -2.03. The van der Waals surface area contributed by atoms with Gasteiger partial charge in [0.25, 0.3) is 0 Å². The van der Waals surface area contributed by atoms with Crippen molar-refractivity contribution in [2.45, 2.75) is 19.8 Å². The molecule has 0 saturated heterocycles. The van der Waals surface area contributed by atoms with Gasteiger partial charge in [-0.25, -0.2) is 0 Å². The zero-order chi connectivity index (χ0) is 13.9. The molecule has 0 saturated carbocycles. The van der Waals surface area contributed by atoms with E-state index in [-0.39, 0.29) is 5.78 Å². The monoisotopic (exact) mass is 283 g/mol. The Balaban J connectivity index is 2.01. The summed E-state index contributed by atoms with van der Waals surface area (Å²) in [6.45, 7) is 2.06. The molecule has 4 nitrogen and oxygen atoms in total. The Bertz CT molecular complexity index is 766. The predicted molar refractivity (Wildman–Crippen MR) is 79.1 cm³/mol. The third kappa shape index (κ3) is 2.32. The van der Waals surface area contributed by atoms with Crippen molar-refractivity contribution in [1.29, 1.82) is 0 Å². The van der Waals surface area contributed by atoms with Gasteiger partial charge in [-0.05, 0) is 30.1 Å². The first-order valence-electron chi connectivity index (χ1n) is 6.50. The van der Waals surface area contributed by atoms with E-state index >= 15 is 0 Å². The SMILES string of the molecule is CCCc1nnsc1C(=O)c1cnc2ccccc2c1. The van der Waals surface area contributed by atoms with Crippen molar-refractivity contribution >= 4 is 28.2 Å². The summed E-state index contributed by atoms with van der Waals surface area (Å²) in [5.74, 6) is -0.0401. The maximum Gasteiger partial charge on any atom is 0.208 e. The maximum atomic E-state index is 12.5. The first-order valence-corrected chi connectivity index (χ1v) is 7.27. The second kappa shape index (κ2) is 5.46. The molecule has 0 bridgehead atoms. The van der Waals surface area contributed by atoms with Gasteiger partial charge in [0.05, 0.1) is 11.2 Å². The summed E-state index contributed by atoms with van der Waals surface area (Å²) in [7, 11) is 0. The van der Waals surface area contributed by atoms with Crippen molar-refractivity contribution < 1.29 is 4.79 Å². The summed E-state index contributed by atoms with van der Waals surface area (Å²) < 4.78 is 3.90. The number of hydrogen-bond acceptors (Lipinski definition) is 5. The Kier molecular flexibility index (Phi) is 3.52. The van der Waals surface area contributed by atoms with E-state index in [0.717, 1.165) is 41.0 Å². The fraction of sp³-hybridized carbons (Fsp3) is 0.200. The molecule has 20 heavy (non-hydrogen) atoms. The molecule has 3 aromatic rings. The minimum absolute atomic E-state index is 0.0401. The van der Waals surface area contributed by atoms with Gasteiger partial charge in [-0.3, -0.25) is 9.78 Å². The summed E-state index contributed by atoms with van der Waals surface area (Å²) in [5.41, 5.74) is 2.27. The van der Waals surface area contributed by atoms with E-state index in [1.807, 2.05) is 30.3 Å². The third-order valence-electron chi connectivity index (χ3n) is 3.10. The lowest BCUT2D eigenvalue weighted by Gasteiger charge is -2.02. The van der Waals surface area contributed by atoms with Crippen LogP contribution in [0.4, 0.5) is 0 Å². The van der Waals surface area contributed by atoms with Crippen molar-refractivity contribution in [3.8, 4) is 0 Å². The van der Waals surface area contributed by atoms with Crippen LogP contribution in [0.5, 0.6) is 0 Å². The van der Waals surface area contributed by atoms with Crippen LogP contribution in [-0.2, 0) is 6.42 Å². The molecule has 0 aliphatic heterocycles. The quantitative estimate of drug-likeness (QED) is 0.690. The fourth-order valence-corrected chi connectivity index (χ4v) is 2.78. The van der Waals surface area contributed by atoms with Crippen LogP contribution < -0.4 is 0 Å². The number of rotatable bonds is 4. The number of nitrogens with zero attached hydrogens (tertiary/aromatic N) is 3. The number of pyridine rings is 1. The Morgan fingerprint density at radius 2 is 2.15 bits per heavy atom. The highest BCUT2D eigenvalue weighted by molar-refractivity contribution is 7.08. The number of hydrogen-bond donors (Lipinski definition) is 0. The van der Waals surface area contributed by atoms with Crippen molar-refractivity contribution in [2.24, 2.45) is 0 Å². The van der Waals surface area contributed by atoms with Gasteiger partial charge in [-0.2, -0.15) is 0 Å². The molecule has 0 unspecified atom stereocenters. The van der Waals surface area contributed by atoms with E-state index in [0.29, 0.717) is 10.4 Å². The molecular weight excluding hydrogens is 270 g/mol. The highest BCUT2D eigenvalue weighted by Crippen LogP contribution is 2.20. The number of benzene rings is 1. The standard InChI is InChI=1S/C15H13N3OS/c1-2-5-13-15(20-18-17-13)14(19)11-8-10-6-3-4-7-12(10)16-9-11/h3-4,6-9H,2,5H2,1H3. The van der Waals surface area contributed by atoms with Crippen LogP contribution in [-0.4, -0.2) is 20.4 Å². The van der Waals surface area contributed by atoms with Crippen LogP contribution in [0, 0.1) is 0 Å². The first-order chi connectivity index (χ1) is 9.79. The summed E-state index contributed by atoms with van der Waals surface area (Å²) in [5, 5.41) is 5.01. The average molecular weight is 283 g/mol. The molecule has 2 heterocycles. The number of aromatic nitrogens is 3. The molecule has 0 atom stereocenters. The normalized spacial score (nSPS) is 10.8. The Morgan fingerprint density at radius 1 is 1.30 bits per heavy atom. The van der Waals surface area contributed by atoms with E-state index in [2.05, 4.69) is 21.5 Å². The van der Waals surface area contributed by atoms with Gasteiger partial charge in [-0.15, -0.1) is 5.10 Å². The average Bonchev–Trinajstić information content (AvgIpc) is 2.94. The van der Waals surface area contributed by atoms with Gasteiger partial charge >= 0.3 is 0 Å². The van der Waals surface area contributed by atoms with Crippen molar-refractivity contribution in [3.05, 3.63) is 52.7 Å². The van der Waals surface area contributed by atoms with Gasteiger partial charge in [0, 0.05) is 17.1 Å². The number of ketones is 1. The van der Waals surface area contributed by atoms with Crippen LogP contribution in [0.3, 0.4) is 0 Å². The molecule has 5 heteroatoms. The highest BCUT2D eigenvalue weighted by Gasteiger charge is 2.18. The molecule has 0 fully saturated rings. The minimum Gasteiger partial charge on any atom is -0.287 e. The molecule has 3 rings (SSSR count). The number of carbonyl (C=O) groups excluding carboxylic acids is 1. The summed E-state index contributed by atoms with van der Waals surface area (Å²) in [6, 6.07) is 9.63. The molecule has 2 aromatic heterocycles. The fourth-order valence-electron chi connectivity index (χ4n) is 2.11. The van der Waals surface area contributed by atoms with Crippen LogP contribution in [0.15, 0.2) is 36.5 Å². The maximum absolute atomic E-state index is 12.5. The summed E-state index contributed by atoms with van der Waals surface area (Å²) >= 11 is 1.16. The largest absolute Gasteiger partial charge is 0.287 e. The van der Waals surface area contributed by atoms with E-state index in [4.69, 9.17) is 0 Å². The third-order valence-corrected chi connectivity index (χ3v) is 3.87. The second-order valence-electron chi connectivity index (χ2n) is 4.54. The van der Waals surface area contributed by atoms with E-state index in [1.54, 1.807) is 6.20 Å². The number of fused-ring (bicyclic) bond motifs is 1. The van der Waals surface area contributed by atoms with Crippen LogP contribution in [0.25, 0.3) is 10.9 Å². The van der Waals surface area contributed by atoms with Gasteiger partial charge in [0.1, 0.15) is 4.88 Å². The van der Waals surface area contributed by atoms with E-state index in [9.17, 15) is 4.79 Å². The zero-order valence-electron chi connectivity index (χ0n) is 11.0. The second-order valence-corrected chi connectivity index (χ2v) is 5.30. The van der Waals surface area contributed by atoms with Crippen molar-refractivity contribution in [3.63, 3.8) is 0 Å². The Hall–Kier alpha value is -2.14. The molecular formula is C15H13N3OS. The summed E-state index contributed by atoms with van der Waals surface area (Å²) in [4.78, 5) is 17.5. The van der Waals surface area contributed by atoms with Gasteiger partial charge < -0.3 is 0 Å². The molecule has 0 radical (unpaired) electrons. The van der Waals surface area contributed by atoms with Crippen LogP contribution in [0.2, 0.25) is 0 Å². The Morgan fingerprint density at radius 3 is 3.00 bits per heavy atom. The lowest BCUT2D eigenvalue weighted by atomic mass is 10.1. The van der Waals surface area contributed by atoms with E-state index in [1.165, 1.54) is 0 Å². The zero-order valence-corrected chi connectivity index (χ0v) is 11.9. The highest BCUT2D eigenvalue weighted by atomic mass is 32.1. The van der Waals surface area contributed by atoms with E-state index < -0.39 is 0 Å². The van der Waals surface area contributed by atoms with Gasteiger partial charge in [0.2, 0.25) is 5.78 Å². The number of carbonyl (C=O) groups is 1. The molecule has 0 amide bonds. The molecule has 0 aliphatic carbocycles. The Labute approximate surface area is 120 Å². The van der Waals surface area contributed by atoms with Gasteiger partial charge in [-0.1, -0.05) is 36.0 Å². The molecule has 0 N–H and O–H groups in total. The van der Waals surface area contributed by atoms with Gasteiger partial charge in [0.15, 0.2) is 0 Å². The number of aryl methyl sites for hydroxylation is 1. The predicted octanol–water partition coefficient (Wildman–Crippen LogP) is 3.27. The topological polar surface area (TPSA) is 55.7 Å². The van der Waals surface area contributed by atoms with Crippen molar-refractivity contribution in [2.75, 3.05) is 0 Å². The molecule has 0 aliphatic rings. The lowest BCUT2D eigenvalue weighted by molar-refractivity contribution is 0.104. The molecule has 1 aromatic carbocycles. The minimum atomic E-state index is -0.0401. The number of para-hydroxylation sites is 1. The molecule has 0 spiro atoms. The smallest absolute Gasteiger partial charge is 0.208 e. The first kappa shape index (κ1) is 12.9. The van der Waals surface area contributed by atoms with Crippen LogP contribution >= 0.6 is 11.5 Å². The summed E-state index contributed by atoms with van der Waals surface area (Å²) in [6.07, 6.45) is 3.35. The van der Waals surface area contributed by atoms with Crippen molar-refractivity contribution in [1.82, 2.24) is 14.6 Å². The molecule has 100 valence electrons.